The molecule has 5 nitrogen and oxygen atoms in total. The second kappa shape index (κ2) is 5.92. The molecule has 0 radical (unpaired) electrons. The van der Waals surface area contributed by atoms with Crippen LogP contribution in [0.25, 0.3) is 0 Å². The Hall–Kier alpha value is -2.22. The highest BCUT2D eigenvalue weighted by atomic mass is 16.2. The van der Waals surface area contributed by atoms with Gasteiger partial charge in [-0.2, -0.15) is 5.26 Å². The summed E-state index contributed by atoms with van der Waals surface area (Å²) in [7, 11) is 1.75. The maximum Gasteiger partial charge on any atom is 0.244 e. The first kappa shape index (κ1) is 13.8. The summed E-state index contributed by atoms with van der Waals surface area (Å²) in [4.78, 5) is 13.5. The van der Waals surface area contributed by atoms with E-state index in [0.29, 0.717) is 23.5 Å². The molecule has 0 aliphatic heterocycles. The van der Waals surface area contributed by atoms with Gasteiger partial charge in [-0.25, -0.2) is 0 Å². The van der Waals surface area contributed by atoms with Gasteiger partial charge < -0.3 is 16.0 Å². The third-order valence-electron chi connectivity index (χ3n) is 2.77. The molecule has 3 N–H and O–H groups in total. The molecule has 0 saturated heterocycles. The molecule has 18 heavy (non-hydrogen) atoms. The van der Waals surface area contributed by atoms with Gasteiger partial charge >= 0.3 is 0 Å². The Balaban J connectivity index is 2.79. The number of carbonyl (C=O) groups excluding carboxylic acids is 1. The van der Waals surface area contributed by atoms with Crippen molar-refractivity contribution in [3.8, 4) is 6.07 Å². The van der Waals surface area contributed by atoms with E-state index in [0.717, 1.165) is 0 Å². The molecule has 0 heterocycles. The zero-order valence-corrected chi connectivity index (χ0v) is 10.9. The molecule has 0 saturated carbocycles. The topological polar surface area (TPSA) is 82.2 Å². The number of benzene rings is 1. The fourth-order valence-corrected chi connectivity index (χ4v) is 1.55. The van der Waals surface area contributed by atoms with Crippen LogP contribution in [0, 0.1) is 11.3 Å². The number of hydrogen-bond acceptors (Lipinski definition) is 4. The smallest absolute Gasteiger partial charge is 0.244 e. The summed E-state index contributed by atoms with van der Waals surface area (Å²) in [5.41, 5.74) is 7.45. The molecular weight excluding hydrogens is 228 g/mol. The predicted octanol–water partition coefficient (Wildman–Crippen LogP) is 1.42. The van der Waals surface area contributed by atoms with Crippen LogP contribution in [-0.4, -0.2) is 30.4 Å². The molecule has 1 amide bonds. The van der Waals surface area contributed by atoms with Gasteiger partial charge in [-0.1, -0.05) is 0 Å². The van der Waals surface area contributed by atoms with Gasteiger partial charge in [0.15, 0.2) is 0 Å². The van der Waals surface area contributed by atoms with Crippen LogP contribution in [0.15, 0.2) is 18.2 Å². The number of nitrogens with one attached hydrogen (secondary N) is 1. The van der Waals surface area contributed by atoms with Crippen molar-refractivity contribution >= 4 is 17.3 Å². The number of nitrogens with two attached hydrogens (primary N) is 1. The van der Waals surface area contributed by atoms with E-state index in [2.05, 4.69) is 5.32 Å². The van der Waals surface area contributed by atoms with Crippen LogP contribution in [0.1, 0.15) is 19.4 Å². The molecule has 1 unspecified atom stereocenters. The molecule has 0 spiro atoms. The first-order chi connectivity index (χ1) is 8.49. The molecule has 1 rings (SSSR count). The van der Waals surface area contributed by atoms with Gasteiger partial charge in [0.1, 0.15) is 6.04 Å². The monoisotopic (exact) mass is 246 g/mol. The summed E-state index contributed by atoms with van der Waals surface area (Å²) >= 11 is 0. The number of nitriles is 1. The Kier molecular flexibility index (Phi) is 4.55. The van der Waals surface area contributed by atoms with Gasteiger partial charge in [0.2, 0.25) is 5.91 Å². The highest BCUT2D eigenvalue weighted by molar-refractivity contribution is 5.85. The Morgan fingerprint density at radius 1 is 1.61 bits per heavy atom. The van der Waals surface area contributed by atoms with Crippen LogP contribution >= 0.6 is 0 Å². The summed E-state index contributed by atoms with van der Waals surface area (Å²) in [6.07, 6.45) is 0. The Bertz CT molecular complexity index is 478. The third-order valence-corrected chi connectivity index (χ3v) is 2.77. The largest absolute Gasteiger partial charge is 0.397 e. The van der Waals surface area contributed by atoms with Crippen molar-refractivity contribution in [1.29, 1.82) is 5.26 Å². The number of nitrogens with zero attached hydrogens (tertiary/aromatic N) is 2. The summed E-state index contributed by atoms with van der Waals surface area (Å²) in [5, 5.41) is 11.8. The number of likely N-dealkylation sites (N-methyl/N-ethyl adjacent to an activating group) is 1. The molecule has 5 heteroatoms. The summed E-state index contributed by atoms with van der Waals surface area (Å²) in [6.45, 7) is 4.36. The number of nitrogen functional groups attached to an aromatic ring is 1. The molecular formula is C13H18N4O. The number of hydrogen-bond donors (Lipinski definition) is 2. The normalized spacial score (nSPS) is 11.4. The molecule has 0 aliphatic rings. The fraction of sp³-hybridized carbons (Fsp3) is 0.385. The van der Waals surface area contributed by atoms with E-state index in [1.807, 2.05) is 13.0 Å². The molecule has 0 aromatic heterocycles. The molecule has 0 aliphatic carbocycles. The lowest BCUT2D eigenvalue weighted by atomic mass is 10.1. The zero-order valence-electron chi connectivity index (χ0n) is 10.9. The second-order valence-electron chi connectivity index (χ2n) is 4.13. The Morgan fingerprint density at radius 3 is 2.78 bits per heavy atom. The van der Waals surface area contributed by atoms with Crippen LogP contribution in [-0.2, 0) is 4.79 Å². The molecule has 96 valence electrons. The van der Waals surface area contributed by atoms with Crippen LogP contribution in [0.4, 0.5) is 11.4 Å². The van der Waals surface area contributed by atoms with Crippen LogP contribution in [0.2, 0.25) is 0 Å². The number of amides is 1. The van der Waals surface area contributed by atoms with Crippen molar-refractivity contribution in [2.75, 3.05) is 24.6 Å². The average molecular weight is 246 g/mol. The van der Waals surface area contributed by atoms with Gasteiger partial charge in [-0.15, -0.1) is 0 Å². The van der Waals surface area contributed by atoms with E-state index in [1.54, 1.807) is 37.1 Å². The highest BCUT2D eigenvalue weighted by Gasteiger charge is 2.16. The zero-order chi connectivity index (χ0) is 13.7. The molecule has 1 atom stereocenters. The minimum absolute atomic E-state index is 0.00117. The van der Waals surface area contributed by atoms with Gasteiger partial charge in [-0.05, 0) is 32.0 Å². The Labute approximate surface area is 107 Å². The fourth-order valence-electron chi connectivity index (χ4n) is 1.55. The van der Waals surface area contributed by atoms with Gasteiger partial charge in [0.25, 0.3) is 0 Å². The third kappa shape index (κ3) is 3.14. The molecule has 0 fully saturated rings. The van der Waals surface area contributed by atoms with E-state index in [4.69, 9.17) is 11.0 Å². The lowest BCUT2D eigenvalue weighted by Gasteiger charge is -2.22. The summed E-state index contributed by atoms with van der Waals surface area (Å²) in [6, 6.07) is 6.62. The minimum Gasteiger partial charge on any atom is -0.397 e. The van der Waals surface area contributed by atoms with Crippen molar-refractivity contribution in [2.24, 2.45) is 0 Å². The summed E-state index contributed by atoms with van der Waals surface area (Å²) in [5.74, 6) is 0.00117. The van der Waals surface area contributed by atoms with Crippen molar-refractivity contribution < 1.29 is 4.79 Å². The standard InChI is InChI=1S/C13H18N4O/c1-4-17(3)13(18)9(2)16-12-6-5-10(8-14)7-11(12)15/h5-7,9,16H,4,15H2,1-3H3. The lowest BCUT2D eigenvalue weighted by Crippen LogP contribution is -2.38. The summed E-state index contributed by atoms with van der Waals surface area (Å²) < 4.78 is 0. The van der Waals surface area contributed by atoms with Crippen LogP contribution < -0.4 is 11.1 Å². The van der Waals surface area contributed by atoms with E-state index in [9.17, 15) is 4.79 Å². The van der Waals surface area contributed by atoms with E-state index in [1.165, 1.54) is 0 Å². The van der Waals surface area contributed by atoms with Gasteiger partial charge in [0.05, 0.1) is 23.0 Å². The van der Waals surface area contributed by atoms with Gasteiger partial charge in [-0.3, -0.25) is 4.79 Å². The quantitative estimate of drug-likeness (QED) is 0.787. The molecule has 1 aromatic rings. The van der Waals surface area contributed by atoms with Crippen molar-refractivity contribution in [2.45, 2.75) is 19.9 Å². The van der Waals surface area contributed by atoms with E-state index in [-0.39, 0.29) is 11.9 Å². The number of rotatable bonds is 4. The van der Waals surface area contributed by atoms with Crippen LogP contribution in [0.5, 0.6) is 0 Å². The second-order valence-corrected chi connectivity index (χ2v) is 4.13. The Morgan fingerprint density at radius 2 is 2.28 bits per heavy atom. The molecule has 0 bridgehead atoms. The first-order valence-electron chi connectivity index (χ1n) is 5.80. The SMILES string of the molecule is CCN(C)C(=O)C(C)Nc1ccc(C#N)cc1N. The average Bonchev–Trinajstić information content (AvgIpc) is 2.38. The van der Waals surface area contributed by atoms with Crippen LogP contribution in [0.3, 0.4) is 0 Å². The number of anilines is 2. The van der Waals surface area contributed by atoms with Crippen molar-refractivity contribution in [3.63, 3.8) is 0 Å². The van der Waals surface area contributed by atoms with Crippen molar-refractivity contribution in [3.05, 3.63) is 23.8 Å². The maximum atomic E-state index is 11.9. The predicted molar refractivity (Wildman–Crippen MR) is 72.0 cm³/mol. The van der Waals surface area contributed by atoms with Crippen molar-refractivity contribution in [1.82, 2.24) is 4.90 Å². The van der Waals surface area contributed by atoms with E-state index >= 15 is 0 Å². The lowest BCUT2D eigenvalue weighted by molar-refractivity contribution is -0.130. The highest BCUT2D eigenvalue weighted by Crippen LogP contribution is 2.20. The van der Waals surface area contributed by atoms with E-state index < -0.39 is 0 Å². The maximum absolute atomic E-state index is 11.9. The first-order valence-corrected chi connectivity index (χ1v) is 5.80. The number of carbonyl (C=O) groups is 1. The minimum atomic E-state index is -0.356. The molecule has 1 aromatic carbocycles. The van der Waals surface area contributed by atoms with Gasteiger partial charge in [0, 0.05) is 13.6 Å².